The van der Waals surface area contributed by atoms with E-state index in [1.54, 1.807) is 25.1 Å². The molecular formula is C10H10N2O3. The molecule has 0 aliphatic rings. The van der Waals surface area contributed by atoms with Gasteiger partial charge in [-0.1, -0.05) is 0 Å². The molecule has 15 heavy (non-hydrogen) atoms. The minimum atomic E-state index is -1.01. The highest BCUT2D eigenvalue weighted by Crippen LogP contribution is 2.21. The number of nitrogens with zero attached hydrogens (tertiary/aromatic N) is 2. The molecule has 0 unspecified atom stereocenters. The first-order valence-electron chi connectivity index (χ1n) is 4.42. The lowest BCUT2D eigenvalue weighted by Gasteiger charge is -2.11. The van der Waals surface area contributed by atoms with E-state index in [2.05, 4.69) is 4.98 Å². The SMILES string of the molecule is Cc1nc2cc(N(C)C(=O)O)ccc2o1. The van der Waals surface area contributed by atoms with Crippen molar-refractivity contribution in [1.29, 1.82) is 0 Å². The number of benzene rings is 1. The molecule has 78 valence electrons. The van der Waals surface area contributed by atoms with Crippen LogP contribution in [0.25, 0.3) is 11.1 Å². The number of fused-ring (bicyclic) bond motifs is 1. The molecule has 0 spiro atoms. The van der Waals surface area contributed by atoms with E-state index >= 15 is 0 Å². The van der Waals surface area contributed by atoms with Crippen LogP contribution in [0.1, 0.15) is 5.89 Å². The van der Waals surface area contributed by atoms with Crippen LogP contribution in [0, 0.1) is 6.92 Å². The zero-order valence-corrected chi connectivity index (χ0v) is 8.39. The number of hydrogen-bond acceptors (Lipinski definition) is 3. The maximum atomic E-state index is 10.7. The van der Waals surface area contributed by atoms with Crippen LogP contribution in [0.4, 0.5) is 10.5 Å². The van der Waals surface area contributed by atoms with Gasteiger partial charge in [-0.2, -0.15) is 0 Å². The van der Waals surface area contributed by atoms with Gasteiger partial charge in [-0.15, -0.1) is 0 Å². The van der Waals surface area contributed by atoms with E-state index in [1.165, 1.54) is 7.05 Å². The largest absolute Gasteiger partial charge is 0.465 e. The third-order valence-electron chi connectivity index (χ3n) is 2.15. The number of oxazole rings is 1. The standard InChI is InChI=1S/C10H10N2O3/c1-6-11-8-5-7(12(2)10(13)14)3-4-9(8)15-6/h3-5H,1-2H3,(H,13,14). The highest BCUT2D eigenvalue weighted by atomic mass is 16.4. The highest BCUT2D eigenvalue weighted by Gasteiger charge is 2.10. The first-order valence-corrected chi connectivity index (χ1v) is 4.42. The van der Waals surface area contributed by atoms with Gasteiger partial charge in [0.1, 0.15) is 5.52 Å². The Hall–Kier alpha value is -2.04. The normalized spacial score (nSPS) is 10.5. The molecule has 0 aliphatic carbocycles. The summed E-state index contributed by atoms with van der Waals surface area (Å²) in [5.74, 6) is 0.570. The van der Waals surface area contributed by atoms with Crippen LogP contribution in [-0.2, 0) is 0 Å². The van der Waals surface area contributed by atoms with Gasteiger partial charge in [0.15, 0.2) is 11.5 Å². The van der Waals surface area contributed by atoms with Crippen molar-refractivity contribution in [2.45, 2.75) is 6.92 Å². The molecule has 0 saturated carbocycles. The van der Waals surface area contributed by atoms with Crippen LogP contribution in [0.2, 0.25) is 0 Å². The Bertz CT molecular complexity index is 518. The van der Waals surface area contributed by atoms with Gasteiger partial charge in [0, 0.05) is 19.7 Å². The van der Waals surface area contributed by atoms with Gasteiger partial charge < -0.3 is 9.52 Å². The van der Waals surface area contributed by atoms with Gasteiger partial charge >= 0.3 is 6.09 Å². The van der Waals surface area contributed by atoms with Crippen LogP contribution in [-0.4, -0.2) is 23.2 Å². The van der Waals surface area contributed by atoms with E-state index in [0.717, 1.165) is 4.90 Å². The maximum Gasteiger partial charge on any atom is 0.411 e. The number of rotatable bonds is 1. The maximum absolute atomic E-state index is 10.7. The Kier molecular flexibility index (Phi) is 2.07. The van der Waals surface area contributed by atoms with Crippen molar-refractivity contribution in [2.24, 2.45) is 0 Å². The summed E-state index contributed by atoms with van der Waals surface area (Å²) in [6.07, 6.45) is -1.01. The van der Waals surface area contributed by atoms with E-state index in [4.69, 9.17) is 9.52 Å². The Morgan fingerprint density at radius 2 is 2.27 bits per heavy atom. The fraction of sp³-hybridized carbons (Fsp3) is 0.200. The fourth-order valence-corrected chi connectivity index (χ4v) is 1.35. The third-order valence-corrected chi connectivity index (χ3v) is 2.15. The quantitative estimate of drug-likeness (QED) is 0.777. The summed E-state index contributed by atoms with van der Waals surface area (Å²) in [4.78, 5) is 16.0. The summed E-state index contributed by atoms with van der Waals surface area (Å²) < 4.78 is 5.29. The van der Waals surface area contributed by atoms with E-state index in [-0.39, 0.29) is 0 Å². The Balaban J connectivity index is 2.50. The number of carboxylic acid groups (broad SMARTS) is 1. The molecule has 0 saturated heterocycles. The molecule has 5 heteroatoms. The zero-order chi connectivity index (χ0) is 11.0. The smallest absolute Gasteiger partial charge is 0.411 e. The summed E-state index contributed by atoms with van der Waals surface area (Å²) in [5.41, 5.74) is 1.90. The number of carbonyl (C=O) groups is 1. The Morgan fingerprint density at radius 3 is 2.93 bits per heavy atom. The van der Waals surface area contributed by atoms with Crippen LogP contribution >= 0.6 is 0 Å². The molecule has 0 aliphatic heterocycles. The topological polar surface area (TPSA) is 66.6 Å². The van der Waals surface area contributed by atoms with Gasteiger partial charge in [0.05, 0.1) is 0 Å². The van der Waals surface area contributed by atoms with Gasteiger partial charge in [-0.05, 0) is 18.2 Å². The highest BCUT2D eigenvalue weighted by molar-refractivity contribution is 5.88. The van der Waals surface area contributed by atoms with Gasteiger partial charge in [0.2, 0.25) is 0 Å². The van der Waals surface area contributed by atoms with Crippen molar-refractivity contribution >= 4 is 22.9 Å². The third kappa shape index (κ3) is 1.63. The molecule has 1 aromatic heterocycles. The first-order chi connectivity index (χ1) is 7.08. The second kappa shape index (κ2) is 3.27. The lowest BCUT2D eigenvalue weighted by molar-refractivity contribution is 0.203. The van der Waals surface area contributed by atoms with Crippen LogP contribution in [0.3, 0.4) is 0 Å². The van der Waals surface area contributed by atoms with Crippen molar-refractivity contribution in [2.75, 3.05) is 11.9 Å². The number of amides is 1. The number of aromatic nitrogens is 1. The second-order valence-corrected chi connectivity index (χ2v) is 3.23. The predicted molar refractivity (Wildman–Crippen MR) is 55.2 cm³/mol. The van der Waals surface area contributed by atoms with Crippen molar-refractivity contribution in [1.82, 2.24) is 4.98 Å². The van der Waals surface area contributed by atoms with Crippen molar-refractivity contribution in [3.8, 4) is 0 Å². The summed E-state index contributed by atoms with van der Waals surface area (Å²) in [6.45, 7) is 1.75. The second-order valence-electron chi connectivity index (χ2n) is 3.23. The van der Waals surface area contributed by atoms with Crippen LogP contribution in [0.5, 0.6) is 0 Å². The lowest BCUT2D eigenvalue weighted by atomic mass is 10.3. The average molecular weight is 206 g/mol. The molecular weight excluding hydrogens is 196 g/mol. The minimum absolute atomic E-state index is 0.570. The van der Waals surface area contributed by atoms with E-state index in [9.17, 15) is 4.79 Å². The number of hydrogen-bond donors (Lipinski definition) is 1. The summed E-state index contributed by atoms with van der Waals surface area (Å²) >= 11 is 0. The molecule has 0 fully saturated rings. The van der Waals surface area contributed by atoms with Crippen molar-refractivity contribution in [3.05, 3.63) is 24.1 Å². The molecule has 0 radical (unpaired) electrons. The molecule has 1 heterocycles. The Labute approximate surface area is 85.9 Å². The molecule has 1 aromatic carbocycles. The predicted octanol–water partition coefficient (Wildman–Crippen LogP) is 2.25. The van der Waals surface area contributed by atoms with E-state index in [0.29, 0.717) is 22.7 Å². The Morgan fingerprint density at radius 1 is 1.53 bits per heavy atom. The molecule has 0 bridgehead atoms. The molecule has 2 aromatic rings. The average Bonchev–Trinajstić information content (AvgIpc) is 2.55. The monoisotopic (exact) mass is 206 g/mol. The number of anilines is 1. The molecule has 1 amide bonds. The molecule has 1 N–H and O–H groups in total. The molecule has 2 rings (SSSR count). The van der Waals surface area contributed by atoms with Crippen LogP contribution in [0.15, 0.2) is 22.6 Å². The van der Waals surface area contributed by atoms with Crippen LogP contribution < -0.4 is 4.90 Å². The summed E-state index contributed by atoms with van der Waals surface area (Å²) in [6, 6.07) is 5.07. The molecule has 0 atom stereocenters. The zero-order valence-electron chi connectivity index (χ0n) is 8.39. The molecule has 5 nitrogen and oxygen atoms in total. The minimum Gasteiger partial charge on any atom is -0.465 e. The van der Waals surface area contributed by atoms with Crippen molar-refractivity contribution in [3.63, 3.8) is 0 Å². The van der Waals surface area contributed by atoms with E-state index < -0.39 is 6.09 Å². The van der Waals surface area contributed by atoms with Gasteiger partial charge in [-0.25, -0.2) is 9.78 Å². The first kappa shape index (κ1) is 9.51. The van der Waals surface area contributed by atoms with Gasteiger partial charge in [-0.3, -0.25) is 4.90 Å². The summed E-state index contributed by atoms with van der Waals surface area (Å²) in [5, 5.41) is 8.79. The fourth-order valence-electron chi connectivity index (χ4n) is 1.35. The van der Waals surface area contributed by atoms with Gasteiger partial charge in [0.25, 0.3) is 0 Å². The summed E-state index contributed by atoms with van der Waals surface area (Å²) in [7, 11) is 1.48. The van der Waals surface area contributed by atoms with Crippen molar-refractivity contribution < 1.29 is 14.3 Å². The van der Waals surface area contributed by atoms with E-state index in [1.807, 2.05) is 0 Å². The lowest BCUT2D eigenvalue weighted by Crippen LogP contribution is -2.23. The number of aryl methyl sites for hydroxylation is 1.